The lowest BCUT2D eigenvalue weighted by molar-refractivity contribution is 0.175. The molecule has 0 radical (unpaired) electrons. The second-order valence-electron chi connectivity index (χ2n) is 8.00. The number of ether oxygens (including phenoxy) is 1. The molecule has 1 fully saturated rings. The van der Waals surface area contributed by atoms with Gasteiger partial charge in [-0.25, -0.2) is 18.9 Å². The summed E-state index contributed by atoms with van der Waals surface area (Å²) in [4.78, 5) is 30.5. The van der Waals surface area contributed by atoms with E-state index in [0.717, 1.165) is 0 Å². The summed E-state index contributed by atoms with van der Waals surface area (Å²) in [6, 6.07) is 14.6. The van der Waals surface area contributed by atoms with Crippen LogP contribution in [0.5, 0.6) is 0 Å². The van der Waals surface area contributed by atoms with E-state index in [4.69, 9.17) is 10.5 Å². The zero-order valence-electron chi connectivity index (χ0n) is 18.1. The number of amides is 1. The smallest absolute Gasteiger partial charge is 0.414 e. The van der Waals surface area contributed by atoms with E-state index in [9.17, 15) is 9.59 Å². The average molecular weight is 447 g/mol. The third kappa shape index (κ3) is 4.38. The minimum Gasteiger partial charge on any atom is -0.447 e. The Morgan fingerprint density at radius 1 is 1.18 bits per heavy atom. The Hall–Kier alpha value is -4.27. The lowest BCUT2D eigenvalue weighted by Gasteiger charge is -2.28. The van der Waals surface area contributed by atoms with Crippen LogP contribution in [0.25, 0.3) is 5.69 Å². The maximum absolute atomic E-state index is 15.1. The number of benzene rings is 2. The molecule has 0 atom stereocenters. The molecule has 0 aliphatic carbocycles. The summed E-state index contributed by atoms with van der Waals surface area (Å²) < 4.78 is 21.5. The van der Waals surface area contributed by atoms with Crippen molar-refractivity contribution < 1.29 is 13.9 Å². The maximum atomic E-state index is 15.1. The van der Waals surface area contributed by atoms with Crippen LogP contribution in [0, 0.1) is 5.82 Å². The van der Waals surface area contributed by atoms with Crippen LogP contribution in [-0.2, 0) is 4.74 Å². The average Bonchev–Trinajstić information content (AvgIpc) is 3.07. The Morgan fingerprint density at radius 2 is 1.94 bits per heavy atom. The molecule has 0 spiro atoms. The summed E-state index contributed by atoms with van der Waals surface area (Å²) in [7, 11) is 0. The molecule has 8 nitrogen and oxygen atoms in total. The van der Waals surface area contributed by atoms with Gasteiger partial charge in [-0.2, -0.15) is 5.10 Å². The van der Waals surface area contributed by atoms with Gasteiger partial charge in [0.2, 0.25) is 5.43 Å². The molecule has 2 heterocycles. The van der Waals surface area contributed by atoms with Gasteiger partial charge in [0.1, 0.15) is 12.3 Å². The topological polar surface area (TPSA) is 103 Å². The number of hydrogen-bond acceptors (Lipinski definition) is 6. The number of nitrogens with two attached hydrogens (primary N) is 1. The van der Waals surface area contributed by atoms with Crippen LogP contribution in [-0.4, -0.2) is 33.7 Å². The van der Waals surface area contributed by atoms with Gasteiger partial charge in [0.15, 0.2) is 11.5 Å². The van der Waals surface area contributed by atoms with Crippen molar-refractivity contribution in [2.45, 2.75) is 19.4 Å². The molecule has 1 amide bonds. The first kappa shape index (κ1) is 21.9. The number of para-hydroxylation sites is 1. The second-order valence-corrected chi connectivity index (χ2v) is 8.00. The molecule has 0 saturated carbocycles. The monoisotopic (exact) mass is 447 g/mol. The van der Waals surface area contributed by atoms with Gasteiger partial charge in [-0.3, -0.25) is 9.69 Å². The number of hydrogen-bond donors (Lipinski definition) is 1. The highest BCUT2D eigenvalue weighted by Gasteiger charge is 2.41. The number of carbonyl (C=O) groups is 1. The first-order valence-electron chi connectivity index (χ1n) is 10.2. The van der Waals surface area contributed by atoms with Crippen LogP contribution >= 0.6 is 0 Å². The molecule has 4 rings (SSSR count). The van der Waals surface area contributed by atoms with E-state index >= 15 is 4.39 Å². The predicted molar refractivity (Wildman–Crippen MR) is 124 cm³/mol. The van der Waals surface area contributed by atoms with Gasteiger partial charge in [-0.1, -0.05) is 18.2 Å². The Kier molecular flexibility index (Phi) is 5.78. The molecular weight excluding hydrogens is 425 g/mol. The number of halogens is 1. The van der Waals surface area contributed by atoms with Gasteiger partial charge in [0.05, 0.1) is 22.6 Å². The fourth-order valence-corrected chi connectivity index (χ4v) is 3.51. The Labute approximate surface area is 189 Å². The van der Waals surface area contributed by atoms with Crippen molar-refractivity contribution in [3.05, 3.63) is 94.8 Å². The van der Waals surface area contributed by atoms with Gasteiger partial charge in [-0.05, 0) is 50.4 Å². The van der Waals surface area contributed by atoms with Crippen LogP contribution in [0.1, 0.15) is 19.5 Å². The highest BCUT2D eigenvalue weighted by Crippen LogP contribution is 2.31. The molecular formula is C24H22FN5O3. The summed E-state index contributed by atoms with van der Waals surface area (Å²) in [6.07, 6.45) is 3.55. The molecule has 1 aromatic heterocycles. The summed E-state index contributed by atoms with van der Waals surface area (Å²) in [5, 5.41) is 4.31. The summed E-state index contributed by atoms with van der Waals surface area (Å²) in [6.45, 7) is 3.87. The normalized spacial score (nSPS) is 15.8. The molecule has 33 heavy (non-hydrogen) atoms. The van der Waals surface area contributed by atoms with Crippen molar-refractivity contribution in [2.24, 2.45) is 10.7 Å². The van der Waals surface area contributed by atoms with Crippen LogP contribution in [0.3, 0.4) is 0 Å². The molecule has 1 aliphatic rings. The molecule has 2 aromatic carbocycles. The molecule has 0 bridgehead atoms. The number of cyclic esters (lactones) is 1. The van der Waals surface area contributed by atoms with Gasteiger partial charge < -0.3 is 10.5 Å². The highest BCUT2D eigenvalue weighted by molar-refractivity contribution is 6.08. The summed E-state index contributed by atoms with van der Waals surface area (Å²) >= 11 is 0. The minimum absolute atomic E-state index is 0.00998. The standard InChI is InChI=1S/C24H22FN5O3/c1-24(2)15-33-23(32)30(24)17-8-9-20(18(25)14-17)29-13-11-21(31)22(28-29)19(10-12-26)27-16-6-4-3-5-7-16/h3-14H,15,26H2,1-2H3. The van der Waals surface area contributed by atoms with E-state index < -0.39 is 22.9 Å². The first-order chi connectivity index (χ1) is 15.8. The van der Waals surface area contributed by atoms with Crippen molar-refractivity contribution >= 4 is 23.2 Å². The number of carbonyl (C=O) groups excluding carboxylic acids is 1. The number of rotatable bonds is 5. The minimum atomic E-state index is -0.624. The van der Waals surface area contributed by atoms with Crippen molar-refractivity contribution in [3.63, 3.8) is 0 Å². The maximum Gasteiger partial charge on any atom is 0.414 e. The first-order valence-corrected chi connectivity index (χ1v) is 10.2. The number of aromatic nitrogens is 2. The molecule has 168 valence electrons. The van der Waals surface area contributed by atoms with Crippen molar-refractivity contribution in [1.29, 1.82) is 0 Å². The van der Waals surface area contributed by atoms with E-state index in [0.29, 0.717) is 11.4 Å². The Bertz CT molecular complexity index is 1320. The lowest BCUT2D eigenvalue weighted by Crippen LogP contribution is -2.42. The Balaban J connectivity index is 1.75. The summed E-state index contributed by atoms with van der Waals surface area (Å²) in [5.41, 5.74) is 5.87. The quantitative estimate of drug-likeness (QED) is 0.601. The molecule has 1 aliphatic heterocycles. The highest BCUT2D eigenvalue weighted by atomic mass is 19.1. The van der Waals surface area contributed by atoms with E-state index in [1.807, 2.05) is 32.0 Å². The largest absolute Gasteiger partial charge is 0.447 e. The van der Waals surface area contributed by atoms with E-state index in [1.165, 1.54) is 46.3 Å². The number of nitrogens with zero attached hydrogens (tertiary/aromatic N) is 4. The van der Waals surface area contributed by atoms with Crippen LogP contribution < -0.4 is 16.1 Å². The van der Waals surface area contributed by atoms with Gasteiger partial charge in [-0.15, -0.1) is 0 Å². The lowest BCUT2D eigenvalue weighted by atomic mass is 10.1. The van der Waals surface area contributed by atoms with Crippen LogP contribution in [0.15, 0.2) is 82.9 Å². The zero-order valence-corrected chi connectivity index (χ0v) is 18.1. The Morgan fingerprint density at radius 3 is 2.58 bits per heavy atom. The van der Waals surface area contributed by atoms with Crippen LogP contribution in [0.2, 0.25) is 0 Å². The third-order valence-corrected chi connectivity index (χ3v) is 5.08. The van der Waals surface area contributed by atoms with Gasteiger partial charge in [0, 0.05) is 18.3 Å². The zero-order chi connectivity index (χ0) is 23.6. The van der Waals surface area contributed by atoms with Crippen molar-refractivity contribution in [2.75, 3.05) is 11.5 Å². The number of allylic oxidation sites excluding steroid dienone is 1. The van der Waals surface area contributed by atoms with Crippen molar-refractivity contribution in [3.8, 4) is 5.69 Å². The second kappa shape index (κ2) is 8.70. The molecule has 3 aromatic rings. The van der Waals surface area contributed by atoms with Gasteiger partial charge >= 0.3 is 6.09 Å². The summed E-state index contributed by atoms with van der Waals surface area (Å²) in [5.74, 6) is -0.624. The van der Waals surface area contributed by atoms with E-state index in [1.54, 1.807) is 18.2 Å². The SMILES string of the molecule is CC1(C)COC(=O)N1c1ccc(-n2ccc(=O)c(C(C=CN)=Nc3ccccc3)n2)c(F)c1. The molecule has 0 unspecified atom stereocenters. The predicted octanol–water partition coefficient (Wildman–Crippen LogP) is 3.70. The fourth-order valence-electron chi connectivity index (χ4n) is 3.51. The molecule has 2 N–H and O–H groups in total. The number of anilines is 1. The third-order valence-electron chi connectivity index (χ3n) is 5.08. The number of aliphatic imine (C=N–C) groups is 1. The van der Waals surface area contributed by atoms with Crippen LogP contribution in [0.4, 0.5) is 20.6 Å². The van der Waals surface area contributed by atoms with E-state index in [-0.39, 0.29) is 23.7 Å². The van der Waals surface area contributed by atoms with E-state index in [2.05, 4.69) is 10.1 Å². The van der Waals surface area contributed by atoms with Gasteiger partial charge in [0.25, 0.3) is 0 Å². The van der Waals surface area contributed by atoms with Crippen molar-refractivity contribution in [1.82, 2.24) is 9.78 Å². The fraction of sp³-hybridized carbons (Fsp3) is 0.167. The molecule has 9 heteroatoms. The molecule has 1 saturated heterocycles.